The van der Waals surface area contributed by atoms with Crippen molar-refractivity contribution in [2.45, 2.75) is 13.0 Å². The maximum Gasteiger partial charge on any atom is 0.283 e. The van der Waals surface area contributed by atoms with Crippen LogP contribution < -0.4 is 5.32 Å². The minimum Gasteiger partial charge on any atom is -0.394 e. The minimum absolute atomic E-state index is 0.00170. The zero-order valence-electron chi connectivity index (χ0n) is 9.01. The maximum absolute atomic E-state index is 11.7. The fourth-order valence-corrected chi connectivity index (χ4v) is 1.49. The highest BCUT2D eigenvalue weighted by molar-refractivity contribution is 6.34. The standard InChI is InChI=1S/C10H11ClN2O4/c1-6(5-14)12-10(15)9-7(11)3-2-4-8(9)13(16)17/h2-4,6,14H,5H2,1H3,(H,12,15)/t6-/m1/s1. The van der Waals surface area contributed by atoms with Crippen LogP contribution in [0.3, 0.4) is 0 Å². The normalized spacial score (nSPS) is 11.9. The summed E-state index contributed by atoms with van der Waals surface area (Å²) in [5, 5.41) is 22.0. The van der Waals surface area contributed by atoms with E-state index < -0.39 is 16.9 Å². The largest absolute Gasteiger partial charge is 0.394 e. The Hall–Kier alpha value is -1.66. The lowest BCUT2D eigenvalue weighted by molar-refractivity contribution is -0.385. The third-order valence-corrected chi connectivity index (χ3v) is 2.38. The average Bonchev–Trinajstić information content (AvgIpc) is 2.28. The van der Waals surface area contributed by atoms with Crippen molar-refractivity contribution in [3.63, 3.8) is 0 Å². The van der Waals surface area contributed by atoms with E-state index in [1.807, 2.05) is 0 Å². The van der Waals surface area contributed by atoms with E-state index in [9.17, 15) is 14.9 Å². The molecule has 17 heavy (non-hydrogen) atoms. The first-order valence-electron chi connectivity index (χ1n) is 4.82. The number of nitrogens with one attached hydrogen (secondary N) is 1. The topological polar surface area (TPSA) is 92.5 Å². The van der Waals surface area contributed by atoms with Gasteiger partial charge in [0, 0.05) is 12.1 Å². The number of nitro groups is 1. The summed E-state index contributed by atoms with van der Waals surface area (Å²) >= 11 is 5.77. The van der Waals surface area contributed by atoms with Gasteiger partial charge in [-0.15, -0.1) is 0 Å². The van der Waals surface area contributed by atoms with Crippen molar-refractivity contribution in [2.24, 2.45) is 0 Å². The Kier molecular flexibility index (Phi) is 4.42. The molecule has 0 unspecified atom stereocenters. The van der Waals surface area contributed by atoms with Crippen molar-refractivity contribution in [2.75, 3.05) is 6.61 Å². The predicted octanol–water partition coefficient (Wildman–Crippen LogP) is 1.36. The molecule has 0 heterocycles. The van der Waals surface area contributed by atoms with Gasteiger partial charge in [-0.05, 0) is 13.0 Å². The third kappa shape index (κ3) is 3.15. The smallest absolute Gasteiger partial charge is 0.283 e. The van der Waals surface area contributed by atoms with Crippen LogP contribution in [-0.4, -0.2) is 28.6 Å². The van der Waals surface area contributed by atoms with Crippen LogP contribution in [0.2, 0.25) is 5.02 Å². The van der Waals surface area contributed by atoms with Gasteiger partial charge in [0.15, 0.2) is 0 Å². The molecule has 0 spiro atoms. The summed E-state index contributed by atoms with van der Waals surface area (Å²) in [6.07, 6.45) is 0. The van der Waals surface area contributed by atoms with Crippen LogP contribution in [0, 0.1) is 10.1 Å². The first-order chi connectivity index (χ1) is 7.97. The number of rotatable bonds is 4. The maximum atomic E-state index is 11.7. The van der Waals surface area contributed by atoms with Gasteiger partial charge in [0.1, 0.15) is 5.56 Å². The van der Waals surface area contributed by atoms with Gasteiger partial charge < -0.3 is 10.4 Å². The minimum atomic E-state index is -0.677. The zero-order valence-corrected chi connectivity index (χ0v) is 9.77. The van der Waals surface area contributed by atoms with Crippen LogP contribution in [0.1, 0.15) is 17.3 Å². The lowest BCUT2D eigenvalue weighted by Crippen LogP contribution is -2.35. The molecule has 0 radical (unpaired) electrons. The van der Waals surface area contributed by atoms with E-state index in [0.717, 1.165) is 0 Å². The molecular weight excluding hydrogens is 248 g/mol. The van der Waals surface area contributed by atoms with Gasteiger partial charge in [0.25, 0.3) is 11.6 Å². The van der Waals surface area contributed by atoms with E-state index >= 15 is 0 Å². The molecule has 0 aliphatic rings. The van der Waals surface area contributed by atoms with Crippen LogP contribution in [0.25, 0.3) is 0 Å². The second-order valence-electron chi connectivity index (χ2n) is 3.45. The molecule has 0 aliphatic carbocycles. The number of amides is 1. The Morgan fingerprint density at radius 1 is 1.65 bits per heavy atom. The van der Waals surface area contributed by atoms with Crippen molar-refractivity contribution in [3.8, 4) is 0 Å². The van der Waals surface area contributed by atoms with Crippen LogP contribution in [0.15, 0.2) is 18.2 Å². The Labute approximate surface area is 102 Å². The molecule has 0 saturated carbocycles. The van der Waals surface area contributed by atoms with Gasteiger partial charge in [-0.2, -0.15) is 0 Å². The molecule has 0 saturated heterocycles. The summed E-state index contributed by atoms with van der Waals surface area (Å²) in [6, 6.07) is 3.49. The number of nitro benzene ring substituents is 1. The predicted molar refractivity (Wildman–Crippen MR) is 62.1 cm³/mol. The van der Waals surface area contributed by atoms with Crippen molar-refractivity contribution >= 4 is 23.2 Å². The number of benzene rings is 1. The van der Waals surface area contributed by atoms with E-state index in [1.54, 1.807) is 6.92 Å². The summed E-state index contributed by atoms with van der Waals surface area (Å²) in [6.45, 7) is 1.31. The molecule has 2 N–H and O–H groups in total. The van der Waals surface area contributed by atoms with E-state index in [0.29, 0.717) is 0 Å². The number of aliphatic hydroxyl groups is 1. The van der Waals surface area contributed by atoms with Crippen molar-refractivity contribution in [3.05, 3.63) is 38.9 Å². The van der Waals surface area contributed by atoms with E-state index in [-0.39, 0.29) is 22.9 Å². The average molecular weight is 259 g/mol. The Bertz CT molecular complexity index is 450. The Morgan fingerprint density at radius 2 is 2.29 bits per heavy atom. The van der Waals surface area contributed by atoms with Gasteiger partial charge >= 0.3 is 0 Å². The zero-order chi connectivity index (χ0) is 13.0. The summed E-state index contributed by atoms with van der Waals surface area (Å²) in [5.74, 6) is -0.677. The number of halogens is 1. The third-order valence-electron chi connectivity index (χ3n) is 2.07. The molecular formula is C10H11ClN2O4. The van der Waals surface area contributed by atoms with Gasteiger partial charge in [-0.25, -0.2) is 0 Å². The van der Waals surface area contributed by atoms with E-state index in [4.69, 9.17) is 16.7 Å². The fourth-order valence-electron chi connectivity index (χ4n) is 1.23. The number of hydrogen-bond donors (Lipinski definition) is 2. The van der Waals surface area contributed by atoms with Crippen molar-refractivity contribution < 1.29 is 14.8 Å². The molecule has 0 aliphatic heterocycles. The lowest BCUT2D eigenvalue weighted by atomic mass is 10.1. The number of hydrogen-bond acceptors (Lipinski definition) is 4. The summed E-state index contributed by atoms with van der Waals surface area (Å²) in [4.78, 5) is 21.8. The van der Waals surface area contributed by atoms with Gasteiger partial charge in [0.2, 0.25) is 0 Å². The van der Waals surface area contributed by atoms with Gasteiger partial charge in [0.05, 0.1) is 16.6 Å². The molecule has 1 aromatic rings. The van der Waals surface area contributed by atoms with E-state index in [2.05, 4.69) is 5.32 Å². The van der Waals surface area contributed by atoms with Crippen LogP contribution in [-0.2, 0) is 0 Å². The first-order valence-corrected chi connectivity index (χ1v) is 5.19. The number of carbonyl (C=O) groups is 1. The van der Waals surface area contributed by atoms with Gasteiger partial charge in [-0.1, -0.05) is 17.7 Å². The number of nitrogens with zero attached hydrogens (tertiary/aromatic N) is 1. The quantitative estimate of drug-likeness (QED) is 0.630. The van der Waals surface area contributed by atoms with Crippen molar-refractivity contribution in [1.29, 1.82) is 0 Å². The molecule has 0 aromatic heterocycles. The first kappa shape index (κ1) is 13.4. The van der Waals surface area contributed by atoms with Crippen molar-refractivity contribution in [1.82, 2.24) is 5.32 Å². The monoisotopic (exact) mass is 258 g/mol. The molecule has 1 rings (SSSR count). The molecule has 6 nitrogen and oxygen atoms in total. The molecule has 7 heteroatoms. The highest BCUT2D eigenvalue weighted by Crippen LogP contribution is 2.25. The molecule has 0 fully saturated rings. The van der Waals surface area contributed by atoms with Crippen LogP contribution >= 0.6 is 11.6 Å². The Balaban J connectivity index is 3.11. The summed E-state index contributed by atoms with van der Waals surface area (Å²) in [7, 11) is 0. The lowest BCUT2D eigenvalue weighted by Gasteiger charge is -2.11. The molecule has 1 atom stereocenters. The molecule has 1 amide bonds. The highest BCUT2D eigenvalue weighted by Gasteiger charge is 2.23. The highest BCUT2D eigenvalue weighted by atomic mass is 35.5. The van der Waals surface area contributed by atoms with Crippen LogP contribution in [0.5, 0.6) is 0 Å². The second kappa shape index (κ2) is 5.60. The summed E-state index contributed by atoms with van der Waals surface area (Å²) < 4.78 is 0. The van der Waals surface area contributed by atoms with Crippen LogP contribution in [0.4, 0.5) is 5.69 Å². The second-order valence-corrected chi connectivity index (χ2v) is 3.86. The number of aliphatic hydroxyl groups excluding tert-OH is 1. The SMILES string of the molecule is C[C@H](CO)NC(=O)c1c(Cl)cccc1[N+](=O)[O-]. The number of carbonyl (C=O) groups excluding carboxylic acids is 1. The summed E-state index contributed by atoms with van der Waals surface area (Å²) in [5.41, 5.74) is -0.556. The molecule has 1 aromatic carbocycles. The molecule has 92 valence electrons. The Morgan fingerprint density at radius 3 is 2.82 bits per heavy atom. The van der Waals surface area contributed by atoms with E-state index in [1.165, 1.54) is 18.2 Å². The fraction of sp³-hybridized carbons (Fsp3) is 0.300. The molecule has 0 bridgehead atoms. The van der Waals surface area contributed by atoms with Gasteiger partial charge in [-0.3, -0.25) is 14.9 Å².